The predicted molar refractivity (Wildman–Crippen MR) is 65.8 cm³/mol. The Morgan fingerprint density at radius 3 is 2.26 bits per heavy atom. The van der Waals surface area contributed by atoms with Crippen LogP contribution < -0.4 is 5.32 Å². The van der Waals surface area contributed by atoms with E-state index in [1.807, 2.05) is 7.05 Å². The van der Waals surface area contributed by atoms with Crippen LogP contribution in [0.25, 0.3) is 0 Å². The van der Waals surface area contributed by atoms with Gasteiger partial charge < -0.3 is 5.32 Å². The van der Waals surface area contributed by atoms with Crippen LogP contribution in [0.3, 0.4) is 0 Å². The van der Waals surface area contributed by atoms with Crippen molar-refractivity contribution in [2.45, 2.75) is 19.0 Å². The van der Waals surface area contributed by atoms with Crippen molar-refractivity contribution in [2.24, 2.45) is 5.92 Å². The maximum absolute atomic E-state index is 12.2. The molecule has 0 amide bonds. The molecule has 1 saturated heterocycles. The van der Waals surface area contributed by atoms with E-state index in [2.05, 4.69) is 5.32 Å². The fourth-order valence-electron chi connectivity index (χ4n) is 2.16. The van der Waals surface area contributed by atoms with Gasteiger partial charge >= 0.3 is 6.18 Å². The lowest BCUT2D eigenvalue weighted by molar-refractivity contribution is -0.134. The number of hydrogen-bond donors (Lipinski definition) is 1. The second-order valence-electron chi connectivity index (χ2n) is 4.78. The van der Waals surface area contributed by atoms with Crippen molar-refractivity contribution in [2.75, 3.05) is 40.3 Å². The average Bonchev–Trinajstić information content (AvgIpc) is 2.28. The molecule has 1 rings (SSSR count). The van der Waals surface area contributed by atoms with Crippen LogP contribution in [-0.2, 0) is 10.2 Å². The van der Waals surface area contributed by atoms with Crippen molar-refractivity contribution >= 4 is 10.2 Å². The minimum absolute atomic E-state index is 0.275. The third-order valence-electron chi connectivity index (χ3n) is 3.19. The second kappa shape index (κ2) is 6.38. The molecule has 0 saturated carbocycles. The highest BCUT2D eigenvalue weighted by Gasteiger charge is 2.37. The zero-order chi connectivity index (χ0) is 14.7. The van der Waals surface area contributed by atoms with Gasteiger partial charge in [0, 0.05) is 20.1 Å². The minimum Gasteiger partial charge on any atom is -0.319 e. The maximum Gasteiger partial charge on any atom is 0.402 e. The molecule has 114 valence electrons. The number of piperidine rings is 1. The molecule has 0 aliphatic carbocycles. The summed E-state index contributed by atoms with van der Waals surface area (Å²) in [5.41, 5.74) is 0. The summed E-state index contributed by atoms with van der Waals surface area (Å²) in [4.78, 5) is 0. The molecular formula is C10H20F3N3O2S. The Morgan fingerprint density at radius 1 is 1.32 bits per heavy atom. The van der Waals surface area contributed by atoms with Crippen LogP contribution >= 0.6 is 0 Å². The van der Waals surface area contributed by atoms with Gasteiger partial charge in [-0.2, -0.15) is 30.2 Å². The third-order valence-corrected chi connectivity index (χ3v) is 5.12. The molecule has 1 fully saturated rings. The molecule has 0 radical (unpaired) electrons. The minimum atomic E-state index is -4.52. The predicted octanol–water partition coefficient (Wildman–Crippen LogP) is 0.657. The molecule has 0 aromatic carbocycles. The molecule has 0 aromatic rings. The molecule has 0 bridgehead atoms. The first-order valence-electron chi connectivity index (χ1n) is 6.09. The van der Waals surface area contributed by atoms with Crippen LogP contribution in [0, 0.1) is 5.92 Å². The van der Waals surface area contributed by atoms with Crippen LogP contribution in [0.15, 0.2) is 0 Å². The normalized spacial score (nSPS) is 20.1. The third kappa shape index (κ3) is 4.90. The molecule has 19 heavy (non-hydrogen) atoms. The van der Waals surface area contributed by atoms with E-state index in [0.717, 1.165) is 17.9 Å². The van der Waals surface area contributed by atoms with Gasteiger partial charge in [0.25, 0.3) is 10.2 Å². The highest BCUT2D eigenvalue weighted by Crippen LogP contribution is 2.23. The van der Waals surface area contributed by atoms with Crippen molar-refractivity contribution in [3.63, 3.8) is 0 Å². The summed E-state index contributed by atoms with van der Waals surface area (Å²) < 4.78 is 62.1. The number of hydrogen-bond acceptors (Lipinski definition) is 3. The van der Waals surface area contributed by atoms with E-state index >= 15 is 0 Å². The van der Waals surface area contributed by atoms with Gasteiger partial charge in [0.2, 0.25) is 0 Å². The molecule has 0 atom stereocenters. The van der Waals surface area contributed by atoms with E-state index in [4.69, 9.17) is 0 Å². The van der Waals surface area contributed by atoms with Crippen LogP contribution in [0.5, 0.6) is 0 Å². The number of nitrogens with one attached hydrogen (secondary N) is 1. The van der Waals surface area contributed by atoms with Crippen molar-refractivity contribution in [3.05, 3.63) is 0 Å². The molecule has 1 aliphatic rings. The first-order valence-corrected chi connectivity index (χ1v) is 7.49. The van der Waals surface area contributed by atoms with Crippen molar-refractivity contribution in [3.8, 4) is 0 Å². The van der Waals surface area contributed by atoms with Crippen LogP contribution in [0.2, 0.25) is 0 Å². The fourth-order valence-corrected chi connectivity index (χ4v) is 3.54. The van der Waals surface area contributed by atoms with E-state index in [9.17, 15) is 21.6 Å². The topological polar surface area (TPSA) is 52.7 Å². The van der Waals surface area contributed by atoms with Gasteiger partial charge in [-0.1, -0.05) is 0 Å². The largest absolute Gasteiger partial charge is 0.402 e. The standard InChI is InChI=1S/C10H20F3N3O2S/c1-14-7-9-3-5-16(6-4-9)19(17,18)15(2)8-10(11,12)13/h9,14H,3-8H2,1-2H3. The summed E-state index contributed by atoms with van der Waals surface area (Å²) in [7, 11) is -1.23. The molecule has 1 N–H and O–H groups in total. The molecule has 0 unspecified atom stereocenters. The lowest BCUT2D eigenvalue weighted by atomic mass is 9.98. The number of nitrogens with zero attached hydrogens (tertiary/aromatic N) is 2. The van der Waals surface area contributed by atoms with Gasteiger partial charge in [0.15, 0.2) is 0 Å². The quantitative estimate of drug-likeness (QED) is 0.812. The monoisotopic (exact) mass is 303 g/mol. The van der Waals surface area contributed by atoms with Gasteiger partial charge in [-0.05, 0) is 32.4 Å². The van der Waals surface area contributed by atoms with Gasteiger partial charge in [0.05, 0.1) is 0 Å². The summed E-state index contributed by atoms with van der Waals surface area (Å²) >= 11 is 0. The highest BCUT2D eigenvalue weighted by atomic mass is 32.2. The van der Waals surface area contributed by atoms with E-state index in [1.165, 1.54) is 0 Å². The second-order valence-corrected chi connectivity index (χ2v) is 6.81. The number of alkyl halides is 3. The first kappa shape index (κ1) is 16.7. The first-order chi connectivity index (χ1) is 8.66. The zero-order valence-electron chi connectivity index (χ0n) is 11.1. The Labute approximate surface area is 111 Å². The molecule has 9 heteroatoms. The molecular weight excluding hydrogens is 283 g/mol. The van der Waals surface area contributed by atoms with Crippen molar-refractivity contribution in [1.29, 1.82) is 0 Å². The zero-order valence-corrected chi connectivity index (χ0v) is 11.9. The van der Waals surface area contributed by atoms with Gasteiger partial charge in [-0.15, -0.1) is 0 Å². The summed E-state index contributed by atoms with van der Waals surface area (Å²) in [5, 5.41) is 3.02. The molecule has 1 heterocycles. The van der Waals surface area contributed by atoms with Crippen molar-refractivity contribution < 1.29 is 21.6 Å². The molecule has 0 aromatic heterocycles. The summed E-state index contributed by atoms with van der Waals surface area (Å²) in [6, 6.07) is 0. The van der Waals surface area contributed by atoms with Crippen LogP contribution in [-0.4, -0.2) is 63.5 Å². The number of rotatable bonds is 5. The van der Waals surface area contributed by atoms with Crippen LogP contribution in [0.4, 0.5) is 13.2 Å². The smallest absolute Gasteiger partial charge is 0.319 e. The summed E-state index contributed by atoms with van der Waals surface area (Å²) in [6.45, 7) is -0.105. The lowest BCUT2D eigenvalue weighted by Crippen LogP contribution is -2.48. The Morgan fingerprint density at radius 2 is 1.84 bits per heavy atom. The Bertz CT molecular complexity index is 378. The molecule has 5 nitrogen and oxygen atoms in total. The van der Waals surface area contributed by atoms with E-state index in [-0.39, 0.29) is 13.1 Å². The fraction of sp³-hybridized carbons (Fsp3) is 1.00. The van der Waals surface area contributed by atoms with E-state index in [0.29, 0.717) is 23.1 Å². The SMILES string of the molecule is CNCC1CCN(S(=O)(=O)N(C)CC(F)(F)F)CC1. The molecule has 1 aliphatic heterocycles. The summed E-state index contributed by atoms with van der Waals surface area (Å²) in [5.74, 6) is 0.379. The maximum atomic E-state index is 12.2. The van der Waals surface area contributed by atoms with Gasteiger partial charge in [-0.25, -0.2) is 0 Å². The van der Waals surface area contributed by atoms with Crippen molar-refractivity contribution in [1.82, 2.24) is 13.9 Å². The van der Waals surface area contributed by atoms with Crippen LogP contribution in [0.1, 0.15) is 12.8 Å². The van der Waals surface area contributed by atoms with Gasteiger partial charge in [0.1, 0.15) is 6.54 Å². The Hall–Kier alpha value is -0.380. The highest BCUT2D eigenvalue weighted by molar-refractivity contribution is 7.86. The number of halogens is 3. The summed E-state index contributed by atoms with van der Waals surface area (Å²) in [6.07, 6.45) is -3.19. The van der Waals surface area contributed by atoms with Gasteiger partial charge in [-0.3, -0.25) is 0 Å². The van der Waals surface area contributed by atoms with E-state index in [1.54, 1.807) is 0 Å². The Balaban J connectivity index is 2.60. The lowest BCUT2D eigenvalue weighted by Gasteiger charge is -2.33. The molecule has 0 spiro atoms. The average molecular weight is 303 g/mol. The van der Waals surface area contributed by atoms with E-state index < -0.39 is 22.9 Å². The Kier molecular flexibility index (Phi) is 5.60.